The van der Waals surface area contributed by atoms with Crippen LogP contribution in [0.4, 0.5) is 0 Å². The smallest absolute Gasteiger partial charge is 0.252 e. The Bertz CT molecular complexity index is 582. The lowest BCUT2D eigenvalue weighted by Gasteiger charge is -2.13. The highest BCUT2D eigenvalue weighted by Crippen LogP contribution is 2.27. The lowest BCUT2D eigenvalue weighted by atomic mass is 9.95. The molecule has 96 valence electrons. The molecule has 0 radical (unpaired) electrons. The van der Waals surface area contributed by atoms with Gasteiger partial charge in [0.1, 0.15) is 12.4 Å². The first-order valence-corrected chi connectivity index (χ1v) is 6.28. The van der Waals surface area contributed by atoms with Gasteiger partial charge in [0.05, 0.1) is 0 Å². The number of hydrogen-bond acceptors (Lipinski definition) is 1. The van der Waals surface area contributed by atoms with E-state index in [2.05, 4.69) is 4.85 Å². The first-order valence-electron chi connectivity index (χ1n) is 6.28. The van der Waals surface area contributed by atoms with Crippen molar-refractivity contribution in [1.82, 2.24) is 0 Å². The van der Waals surface area contributed by atoms with Gasteiger partial charge in [0.15, 0.2) is 0 Å². The Balaban J connectivity index is 2.10. The largest absolute Gasteiger partial charge is 0.489 e. The molecule has 0 saturated heterocycles. The van der Waals surface area contributed by atoms with Crippen molar-refractivity contribution >= 4 is 0 Å². The Hall–Kier alpha value is -2.27. The van der Waals surface area contributed by atoms with Gasteiger partial charge >= 0.3 is 0 Å². The Labute approximate surface area is 114 Å². The summed E-state index contributed by atoms with van der Waals surface area (Å²) in [6.07, 6.45) is 0. The van der Waals surface area contributed by atoms with Crippen molar-refractivity contribution in [2.75, 3.05) is 0 Å². The van der Waals surface area contributed by atoms with Crippen molar-refractivity contribution in [3.63, 3.8) is 0 Å². The second-order valence-electron chi connectivity index (χ2n) is 4.97. The zero-order valence-electron chi connectivity index (χ0n) is 11.3. The van der Waals surface area contributed by atoms with Crippen molar-refractivity contribution in [2.24, 2.45) is 0 Å². The molecular weight excluding hydrogens is 234 g/mol. The van der Waals surface area contributed by atoms with Crippen LogP contribution in [0.5, 0.6) is 5.75 Å². The van der Waals surface area contributed by atoms with Gasteiger partial charge in [0.2, 0.25) is 0 Å². The van der Waals surface area contributed by atoms with Crippen molar-refractivity contribution in [1.29, 1.82) is 0 Å². The molecule has 0 unspecified atom stereocenters. The van der Waals surface area contributed by atoms with Crippen LogP contribution in [0.15, 0.2) is 54.6 Å². The Morgan fingerprint density at radius 3 is 2.47 bits per heavy atom. The highest BCUT2D eigenvalue weighted by Gasteiger charge is 2.25. The van der Waals surface area contributed by atoms with E-state index in [0.29, 0.717) is 6.61 Å². The maximum absolute atomic E-state index is 7.23. The highest BCUT2D eigenvalue weighted by molar-refractivity contribution is 5.34. The van der Waals surface area contributed by atoms with E-state index in [1.807, 2.05) is 68.4 Å². The lowest BCUT2D eigenvalue weighted by molar-refractivity contribution is 0.305. The minimum atomic E-state index is -0.508. The van der Waals surface area contributed by atoms with Gasteiger partial charge < -0.3 is 9.58 Å². The zero-order valence-corrected chi connectivity index (χ0v) is 11.3. The van der Waals surface area contributed by atoms with Crippen LogP contribution >= 0.6 is 0 Å². The van der Waals surface area contributed by atoms with Crippen LogP contribution in [-0.2, 0) is 12.1 Å². The van der Waals surface area contributed by atoms with E-state index in [1.165, 1.54) is 0 Å². The summed E-state index contributed by atoms with van der Waals surface area (Å²) in [5.74, 6) is 0.804. The van der Waals surface area contributed by atoms with Gasteiger partial charge in [-0.25, -0.2) is 6.57 Å². The summed E-state index contributed by atoms with van der Waals surface area (Å²) in [7, 11) is 0. The first-order chi connectivity index (χ1) is 9.12. The number of rotatable bonds is 4. The zero-order chi connectivity index (χ0) is 13.7. The predicted molar refractivity (Wildman–Crippen MR) is 76.8 cm³/mol. The molecule has 2 aromatic carbocycles. The van der Waals surface area contributed by atoms with E-state index in [9.17, 15) is 0 Å². The Morgan fingerprint density at radius 1 is 1.05 bits per heavy atom. The van der Waals surface area contributed by atoms with Crippen molar-refractivity contribution in [3.8, 4) is 5.75 Å². The van der Waals surface area contributed by atoms with Crippen LogP contribution in [0.3, 0.4) is 0 Å². The summed E-state index contributed by atoms with van der Waals surface area (Å²) in [4.78, 5) is 3.64. The van der Waals surface area contributed by atoms with E-state index < -0.39 is 5.54 Å². The SMILES string of the molecule is [C-]#[N+]C(C)(C)c1cccc(OCc2ccccc2)c1. The van der Waals surface area contributed by atoms with Gasteiger partial charge in [0, 0.05) is 19.4 Å². The van der Waals surface area contributed by atoms with E-state index in [-0.39, 0.29) is 0 Å². The van der Waals surface area contributed by atoms with Gasteiger partial charge in [-0.2, -0.15) is 0 Å². The molecule has 2 rings (SSSR count). The quantitative estimate of drug-likeness (QED) is 0.733. The fraction of sp³-hybridized carbons (Fsp3) is 0.235. The van der Waals surface area contributed by atoms with Crippen molar-refractivity contribution in [2.45, 2.75) is 26.0 Å². The predicted octanol–water partition coefficient (Wildman–Crippen LogP) is 4.42. The average Bonchev–Trinajstić information content (AvgIpc) is 2.46. The first kappa shape index (κ1) is 13.2. The number of hydrogen-bond donors (Lipinski definition) is 0. The standard InChI is InChI=1S/C17H17NO/c1-17(2,18-3)15-10-7-11-16(12-15)19-13-14-8-5-4-6-9-14/h4-12H,13H2,1-2H3. The molecule has 0 aromatic heterocycles. The lowest BCUT2D eigenvalue weighted by Crippen LogP contribution is -2.11. The van der Waals surface area contributed by atoms with Gasteiger partial charge in [-0.1, -0.05) is 42.5 Å². The number of benzene rings is 2. The normalized spacial score (nSPS) is 10.8. The second-order valence-corrected chi connectivity index (χ2v) is 4.97. The third-order valence-corrected chi connectivity index (χ3v) is 3.07. The number of nitrogens with zero attached hydrogens (tertiary/aromatic N) is 1. The van der Waals surface area contributed by atoms with Crippen LogP contribution < -0.4 is 4.74 Å². The summed E-state index contributed by atoms with van der Waals surface area (Å²) in [5, 5.41) is 0. The molecule has 0 aliphatic carbocycles. The van der Waals surface area contributed by atoms with Crippen LogP contribution in [0.1, 0.15) is 25.0 Å². The maximum Gasteiger partial charge on any atom is 0.252 e. The van der Waals surface area contributed by atoms with Crippen LogP contribution in [-0.4, -0.2) is 0 Å². The van der Waals surface area contributed by atoms with Gasteiger partial charge in [-0.15, -0.1) is 0 Å². The van der Waals surface area contributed by atoms with Crippen LogP contribution in [0.2, 0.25) is 0 Å². The van der Waals surface area contributed by atoms with E-state index >= 15 is 0 Å². The molecule has 0 spiro atoms. The molecule has 0 aliphatic rings. The van der Waals surface area contributed by atoms with Crippen LogP contribution in [0.25, 0.3) is 4.85 Å². The van der Waals surface area contributed by atoms with Gasteiger partial charge in [-0.3, -0.25) is 0 Å². The minimum absolute atomic E-state index is 0.508. The van der Waals surface area contributed by atoms with E-state index in [4.69, 9.17) is 11.3 Å². The Kier molecular flexibility index (Phi) is 3.87. The third-order valence-electron chi connectivity index (χ3n) is 3.07. The van der Waals surface area contributed by atoms with Crippen molar-refractivity contribution < 1.29 is 4.74 Å². The molecule has 2 heteroatoms. The molecule has 2 nitrogen and oxygen atoms in total. The average molecular weight is 251 g/mol. The summed E-state index contributed by atoms with van der Waals surface area (Å²) < 4.78 is 5.77. The molecule has 0 N–H and O–H groups in total. The van der Waals surface area contributed by atoms with E-state index in [0.717, 1.165) is 16.9 Å². The minimum Gasteiger partial charge on any atom is -0.489 e. The topological polar surface area (TPSA) is 13.6 Å². The van der Waals surface area contributed by atoms with Crippen LogP contribution in [0, 0.1) is 6.57 Å². The number of ether oxygens (including phenoxy) is 1. The summed E-state index contributed by atoms with van der Waals surface area (Å²) in [5.41, 5.74) is 1.61. The molecule has 0 aliphatic heterocycles. The second kappa shape index (κ2) is 5.58. The highest BCUT2D eigenvalue weighted by atomic mass is 16.5. The summed E-state index contributed by atoms with van der Waals surface area (Å²) >= 11 is 0. The molecule has 2 aromatic rings. The molecule has 0 amide bonds. The summed E-state index contributed by atoms with van der Waals surface area (Å²) in [6.45, 7) is 11.6. The maximum atomic E-state index is 7.23. The fourth-order valence-corrected chi connectivity index (χ4v) is 1.77. The molecule has 0 fully saturated rings. The van der Waals surface area contributed by atoms with Gasteiger partial charge in [0.25, 0.3) is 5.54 Å². The van der Waals surface area contributed by atoms with E-state index in [1.54, 1.807) is 0 Å². The fourth-order valence-electron chi connectivity index (χ4n) is 1.77. The van der Waals surface area contributed by atoms with Crippen molar-refractivity contribution in [3.05, 3.63) is 77.1 Å². The molecule has 19 heavy (non-hydrogen) atoms. The Morgan fingerprint density at radius 2 is 1.79 bits per heavy atom. The summed E-state index contributed by atoms with van der Waals surface area (Å²) in [6, 6.07) is 17.8. The molecular formula is C17H17NO. The third kappa shape index (κ3) is 3.35. The molecule has 0 heterocycles. The monoisotopic (exact) mass is 251 g/mol. The molecule has 0 bridgehead atoms. The molecule has 0 atom stereocenters. The van der Waals surface area contributed by atoms with Gasteiger partial charge in [-0.05, 0) is 17.7 Å². The molecule has 0 saturated carbocycles.